The van der Waals surface area contributed by atoms with Gasteiger partial charge >= 0.3 is 0 Å². The minimum Gasteiger partial charge on any atom is -0.349 e. The van der Waals surface area contributed by atoms with Gasteiger partial charge in [-0.3, -0.25) is 4.79 Å². The molecule has 29 heavy (non-hydrogen) atoms. The number of aromatic nitrogens is 4. The predicted octanol–water partition coefficient (Wildman–Crippen LogP) is 3.85. The molecule has 0 aliphatic heterocycles. The summed E-state index contributed by atoms with van der Waals surface area (Å²) >= 11 is 0. The number of carbonyl (C=O) groups excluding carboxylic acids is 1. The first kappa shape index (κ1) is 19.4. The lowest BCUT2D eigenvalue weighted by Gasteiger charge is -2.36. The van der Waals surface area contributed by atoms with Crippen LogP contribution >= 0.6 is 0 Å². The molecule has 4 rings (SSSR count). The second-order valence-corrected chi connectivity index (χ2v) is 8.60. The number of fused-ring (bicyclic) bond motifs is 1. The molecule has 6 nitrogen and oxygen atoms in total. The number of para-hydroxylation sites is 1. The number of nitrogens with zero attached hydrogens (tertiary/aromatic N) is 4. The van der Waals surface area contributed by atoms with E-state index in [1.54, 1.807) is 6.20 Å². The Kier molecular flexibility index (Phi) is 5.26. The fraction of sp³-hybridized carbons (Fsp3) is 0.435. The van der Waals surface area contributed by atoms with Gasteiger partial charge in [-0.05, 0) is 30.4 Å². The third-order valence-corrected chi connectivity index (χ3v) is 5.71. The van der Waals surface area contributed by atoms with E-state index in [2.05, 4.69) is 52.9 Å². The third-order valence-electron chi connectivity index (χ3n) is 5.71. The van der Waals surface area contributed by atoms with Crippen LogP contribution in [0.25, 0.3) is 5.69 Å². The minimum absolute atomic E-state index is 0.00727. The summed E-state index contributed by atoms with van der Waals surface area (Å²) in [6.45, 7) is 7.25. The van der Waals surface area contributed by atoms with Crippen LogP contribution in [0.3, 0.4) is 0 Å². The van der Waals surface area contributed by atoms with Crippen LogP contribution in [-0.2, 0) is 24.2 Å². The van der Waals surface area contributed by atoms with Crippen LogP contribution in [0, 0.1) is 5.41 Å². The van der Waals surface area contributed by atoms with Crippen molar-refractivity contribution >= 4 is 5.91 Å². The Morgan fingerprint density at radius 3 is 2.83 bits per heavy atom. The molecule has 0 bridgehead atoms. The summed E-state index contributed by atoms with van der Waals surface area (Å²) in [5.74, 6) is 1.09. The Morgan fingerprint density at radius 2 is 2.07 bits per heavy atom. The number of hydrogen-bond donors (Lipinski definition) is 1. The molecule has 2 heterocycles. The fourth-order valence-corrected chi connectivity index (χ4v) is 4.31. The van der Waals surface area contributed by atoms with E-state index in [-0.39, 0.29) is 17.4 Å². The van der Waals surface area contributed by atoms with Crippen molar-refractivity contribution in [3.63, 3.8) is 0 Å². The van der Waals surface area contributed by atoms with Crippen molar-refractivity contribution in [3.8, 4) is 5.69 Å². The van der Waals surface area contributed by atoms with Gasteiger partial charge in [-0.15, -0.1) is 0 Å². The average Bonchev–Trinajstić information content (AvgIpc) is 3.32. The van der Waals surface area contributed by atoms with Crippen LogP contribution in [-0.4, -0.2) is 25.2 Å². The molecule has 152 valence electrons. The van der Waals surface area contributed by atoms with E-state index in [0.717, 1.165) is 36.3 Å². The average molecular weight is 392 g/mol. The number of aryl methyl sites for hydroxylation is 2. The maximum atomic E-state index is 12.7. The Bertz CT molecular complexity index is 986. The summed E-state index contributed by atoms with van der Waals surface area (Å²) in [6, 6.07) is 10.2. The molecule has 2 aromatic heterocycles. The minimum atomic E-state index is -0.00727. The number of carbonyl (C=O) groups is 1. The van der Waals surface area contributed by atoms with Crippen LogP contribution < -0.4 is 5.32 Å². The Hall–Kier alpha value is -2.89. The largest absolute Gasteiger partial charge is 0.349 e. The maximum absolute atomic E-state index is 12.7. The zero-order chi connectivity index (χ0) is 20.4. The summed E-state index contributed by atoms with van der Waals surface area (Å²) in [4.78, 5) is 17.1. The first-order valence-corrected chi connectivity index (χ1v) is 10.4. The highest BCUT2D eigenvalue weighted by Gasteiger charge is 2.35. The lowest BCUT2D eigenvalue weighted by Crippen LogP contribution is -2.37. The molecular formula is C23H29N5O. The topological polar surface area (TPSA) is 64.7 Å². The Balaban J connectivity index is 1.51. The van der Waals surface area contributed by atoms with Crippen LogP contribution in [0.2, 0.25) is 0 Å². The van der Waals surface area contributed by atoms with E-state index < -0.39 is 0 Å². The van der Waals surface area contributed by atoms with E-state index in [9.17, 15) is 4.79 Å². The van der Waals surface area contributed by atoms with Crippen molar-refractivity contribution in [1.82, 2.24) is 24.6 Å². The van der Waals surface area contributed by atoms with Gasteiger partial charge in [0.05, 0.1) is 23.6 Å². The summed E-state index contributed by atoms with van der Waals surface area (Å²) in [6.07, 6.45) is 8.84. The molecule has 6 heteroatoms. The standard InChI is InChI=1S/C23H29N5O/c1-4-21-24-11-13-27(21)12-10-22(29)26-19-14-23(2,3)15-20-18(19)16-25-28(20)17-8-6-5-7-9-17/h5-9,11,13,16,19H,4,10,12,14-15H2,1-3H3,(H,26,29)/t19-/m0/s1. The van der Waals surface area contributed by atoms with Crippen molar-refractivity contribution < 1.29 is 4.79 Å². The molecule has 0 saturated carbocycles. The predicted molar refractivity (Wildman–Crippen MR) is 113 cm³/mol. The summed E-state index contributed by atoms with van der Waals surface area (Å²) in [7, 11) is 0. The van der Waals surface area contributed by atoms with Gasteiger partial charge in [-0.2, -0.15) is 5.10 Å². The van der Waals surface area contributed by atoms with Gasteiger partial charge in [0.15, 0.2) is 0 Å². The van der Waals surface area contributed by atoms with Crippen molar-refractivity contribution in [3.05, 3.63) is 66.0 Å². The number of benzene rings is 1. The Morgan fingerprint density at radius 1 is 1.28 bits per heavy atom. The van der Waals surface area contributed by atoms with E-state index in [4.69, 9.17) is 0 Å². The number of rotatable bonds is 6. The summed E-state index contributed by atoms with van der Waals surface area (Å²) < 4.78 is 4.08. The molecule has 0 radical (unpaired) electrons. The second-order valence-electron chi connectivity index (χ2n) is 8.60. The zero-order valence-electron chi connectivity index (χ0n) is 17.4. The lowest BCUT2D eigenvalue weighted by molar-refractivity contribution is -0.122. The molecular weight excluding hydrogens is 362 g/mol. The lowest BCUT2D eigenvalue weighted by atomic mass is 9.74. The normalized spacial score (nSPS) is 17.7. The molecule has 0 unspecified atom stereocenters. The van der Waals surface area contributed by atoms with Crippen LogP contribution in [0.15, 0.2) is 48.9 Å². The Labute approximate surface area is 172 Å². The highest BCUT2D eigenvalue weighted by atomic mass is 16.1. The van der Waals surface area contributed by atoms with Gasteiger partial charge in [0.1, 0.15) is 5.82 Å². The summed E-state index contributed by atoms with van der Waals surface area (Å²) in [5, 5.41) is 7.92. The van der Waals surface area contributed by atoms with Gasteiger partial charge < -0.3 is 9.88 Å². The van der Waals surface area contributed by atoms with Crippen LogP contribution in [0.4, 0.5) is 0 Å². The molecule has 3 aromatic rings. The molecule has 1 aliphatic carbocycles. The van der Waals surface area contributed by atoms with Crippen LogP contribution in [0.5, 0.6) is 0 Å². The van der Waals surface area contributed by atoms with E-state index in [1.165, 1.54) is 5.69 Å². The van der Waals surface area contributed by atoms with Gasteiger partial charge in [0, 0.05) is 37.3 Å². The molecule has 0 saturated heterocycles. The number of amides is 1. The fourth-order valence-electron chi connectivity index (χ4n) is 4.31. The van der Waals surface area contributed by atoms with E-state index in [1.807, 2.05) is 35.3 Å². The highest BCUT2D eigenvalue weighted by molar-refractivity contribution is 5.76. The van der Waals surface area contributed by atoms with Crippen molar-refractivity contribution in [2.45, 2.75) is 59.0 Å². The van der Waals surface area contributed by atoms with Gasteiger partial charge in [-0.25, -0.2) is 9.67 Å². The van der Waals surface area contributed by atoms with Crippen molar-refractivity contribution in [2.75, 3.05) is 0 Å². The van der Waals surface area contributed by atoms with E-state index >= 15 is 0 Å². The SMILES string of the molecule is CCc1nccn1CCC(=O)N[C@H]1CC(C)(C)Cc2c1cnn2-c1ccccc1. The monoisotopic (exact) mass is 391 g/mol. The third kappa shape index (κ3) is 4.11. The second kappa shape index (κ2) is 7.85. The van der Waals surface area contributed by atoms with Crippen molar-refractivity contribution in [2.24, 2.45) is 5.41 Å². The molecule has 1 aromatic carbocycles. The molecule has 1 aliphatic rings. The van der Waals surface area contributed by atoms with Gasteiger partial charge in [0.25, 0.3) is 0 Å². The first-order chi connectivity index (χ1) is 14.0. The van der Waals surface area contributed by atoms with Gasteiger partial charge in [-0.1, -0.05) is 39.0 Å². The molecule has 1 amide bonds. The molecule has 0 fully saturated rings. The van der Waals surface area contributed by atoms with Crippen molar-refractivity contribution in [1.29, 1.82) is 0 Å². The molecule has 1 atom stereocenters. The summed E-state index contributed by atoms with van der Waals surface area (Å²) in [5.41, 5.74) is 3.49. The molecule has 1 N–H and O–H groups in total. The number of imidazole rings is 1. The maximum Gasteiger partial charge on any atom is 0.222 e. The number of hydrogen-bond acceptors (Lipinski definition) is 3. The highest BCUT2D eigenvalue weighted by Crippen LogP contribution is 2.41. The zero-order valence-corrected chi connectivity index (χ0v) is 17.4. The van der Waals surface area contributed by atoms with Gasteiger partial charge in [0.2, 0.25) is 5.91 Å². The van der Waals surface area contributed by atoms with E-state index in [0.29, 0.717) is 13.0 Å². The molecule has 0 spiro atoms. The van der Waals surface area contributed by atoms with Crippen LogP contribution in [0.1, 0.15) is 56.7 Å². The smallest absolute Gasteiger partial charge is 0.222 e. The number of nitrogens with one attached hydrogen (secondary N) is 1. The quantitative estimate of drug-likeness (QED) is 0.694. The first-order valence-electron chi connectivity index (χ1n) is 10.4.